The van der Waals surface area contributed by atoms with Crippen molar-refractivity contribution in [3.63, 3.8) is 0 Å². The molecule has 0 aromatic heterocycles. The first-order valence-electron chi connectivity index (χ1n) is 8.04. The standard InChI is InChI=1S/C20H19BrFNO3/c1-13(2)16-6-4-5-7-19(16)23(15(12-24)11-20(25)26-3)14-8-9-18(22)17(21)10-14/h4-10,13H,11H2,1-3H3. The maximum absolute atomic E-state index is 13.7. The average molecular weight is 420 g/mol. The molecule has 0 saturated heterocycles. The second-order valence-electron chi connectivity index (χ2n) is 5.95. The number of nitrogens with zero attached hydrogens (tertiary/aromatic N) is 1. The van der Waals surface area contributed by atoms with Crippen molar-refractivity contribution in [3.8, 4) is 0 Å². The Labute approximate surface area is 160 Å². The van der Waals surface area contributed by atoms with E-state index in [1.165, 1.54) is 13.2 Å². The number of hydrogen-bond acceptors (Lipinski definition) is 4. The third-order valence-electron chi connectivity index (χ3n) is 3.89. The predicted molar refractivity (Wildman–Crippen MR) is 103 cm³/mol. The van der Waals surface area contributed by atoms with Crippen LogP contribution in [0.5, 0.6) is 0 Å². The monoisotopic (exact) mass is 419 g/mol. The fraction of sp³-hybridized carbons (Fsp3) is 0.250. The molecule has 0 N–H and O–H groups in total. The second kappa shape index (κ2) is 8.79. The summed E-state index contributed by atoms with van der Waals surface area (Å²) >= 11 is 3.17. The minimum absolute atomic E-state index is 0.0865. The summed E-state index contributed by atoms with van der Waals surface area (Å²) in [6, 6.07) is 11.9. The smallest absolute Gasteiger partial charge is 0.312 e. The summed E-state index contributed by atoms with van der Waals surface area (Å²) in [5.74, 6) is 1.04. The highest BCUT2D eigenvalue weighted by molar-refractivity contribution is 9.10. The van der Waals surface area contributed by atoms with Crippen LogP contribution in [0.1, 0.15) is 31.7 Å². The SMILES string of the molecule is COC(=O)CC(=C=O)N(c1ccc(F)c(Br)c1)c1ccccc1C(C)C. The molecule has 2 aromatic rings. The zero-order valence-corrected chi connectivity index (χ0v) is 16.3. The van der Waals surface area contributed by atoms with Crippen molar-refractivity contribution in [2.75, 3.05) is 12.0 Å². The normalized spacial score (nSPS) is 10.4. The molecule has 0 aliphatic heterocycles. The number of halogens is 2. The van der Waals surface area contributed by atoms with E-state index in [4.69, 9.17) is 4.74 Å². The zero-order chi connectivity index (χ0) is 19.3. The Morgan fingerprint density at radius 2 is 1.96 bits per heavy atom. The van der Waals surface area contributed by atoms with E-state index < -0.39 is 11.8 Å². The number of carbonyl (C=O) groups is 1. The van der Waals surface area contributed by atoms with Gasteiger partial charge in [0.1, 0.15) is 17.5 Å². The van der Waals surface area contributed by atoms with E-state index in [1.54, 1.807) is 17.0 Å². The van der Waals surface area contributed by atoms with E-state index in [-0.39, 0.29) is 22.5 Å². The Morgan fingerprint density at radius 3 is 2.54 bits per heavy atom. The number of carbonyl (C=O) groups excluding carboxylic acids is 2. The molecule has 0 fully saturated rings. The van der Waals surface area contributed by atoms with Crippen LogP contribution in [-0.2, 0) is 14.3 Å². The molecule has 2 aromatic carbocycles. The van der Waals surface area contributed by atoms with E-state index >= 15 is 0 Å². The van der Waals surface area contributed by atoms with E-state index in [0.29, 0.717) is 5.69 Å². The van der Waals surface area contributed by atoms with Gasteiger partial charge in [-0.25, -0.2) is 9.18 Å². The Morgan fingerprint density at radius 1 is 1.27 bits per heavy atom. The number of hydrogen-bond donors (Lipinski definition) is 0. The van der Waals surface area contributed by atoms with Gasteiger partial charge in [0.05, 0.1) is 18.0 Å². The largest absolute Gasteiger partial charge is 0.469 e. The lowest BCUT2D eigenvalue weighted by atomic mass is 9.99. The maximum atomic E-state index is 13.7. The van der Waals surface area contributed by atoms with Crippen LogP contribution in [0.2, 0.25) is 0 Å². The highest BCUT2D eigenvalue weighted by Gasteiger charge is 2.23. The molecule has 0 aliphatic carbocycles. The van der Waals surface area contributed by atoms with Crippen molar-refractivity contribution in [2.45, 2.75) is 26.2 Å². The third kappa shape index (κ3) is 4.40. The highest BCUT2D eigenvalue weighted by Crippen LogP contribution is 2.37. The van der Waals surface area contributed by atoms with Crippen LogP contribution >= 0.6 is 15.9 Å². The van der Waals surface area contributed by atoms with Gasteiger partial charge in [0, 0.05) is 11.4 Å². The van der Waals surface area contributed by atoms with Gasteiger partial charge >= 0.3 is 5.97 Å². The fourth-order valence-electron chi connectivity index (χ4n) is 2.61. The first-order valence-corrected chi connectivity index (χ1v) is 8.83. The van der Waals surface area contributed by atoms with Gasteiger partial charge in [0.25, 0.3) is 0 Å². The van der Waals surface area contributed by atoms with Crippen molar-refractivity contribution in [3.05, 3.63) is 64.0 Å². The number of benzene rings is 2. The lowest BCUT2D eigenvalue weighted by Crippen LogP contribution is -2.21. The van der Waals surface area contributed by atoms with E-state index in [9.17, 15) is 14.0 Å². The summed E-state index contributed by atoms with van der Waals surface area (Å²) in [4.78, 5) is 25.1. The molecule has 0 radical (unpaired) electrons. The minimum atomic E-state index is -0.559. The van der Waals surface area contributed by atoms with Crippen LogP contribution in [0, 0.1) is 5.82 Å². The van der Waals surface area contributed by atoms with E-state index in [1.807, 2.05) is 44.1 Å². The van der Waals surface area contributed by atoms with Gasteiger partial charge in [-0.05, 0) is 51.7 Å². The van der Waals surface area contributed by atoms with Crippen LogP contribution < -0.4 is 4.90 Å². The molecule has 6 heteroatoms. The zero-order valence-electron chi connectivity index (χ0n) is 14.8. The van der Waals surface area contributed by atoms with Gasteiger partial charge in [-0.2, -0.15) is 0 Å². The van der Waals surface area contributed by atoms with Gasteiger partial charge < -0.3 is 9.64 Å². The quantitative estimate of drug-likeness (QED) is 0.480. The molecule has 0 bridgehead atoms. The number of ether oxygens (including phenoxy) is 1. The molecule has 4 nitrogen and oxygen atoms in total. The molecular formula is C20H19BrFNO3. The van der Waals surface area contributed by atoms with Gasteiger partial charge in [-0.15, -0.1) is 0 Å². The van der Waals surface area contributed by atoms with Crippen LogP contribution in [0.3, 0.4) is 0 Å². The number of rotatable bonds is 6. The van der Waals surface area contributed by atoms with Crippen LogP contribution in [0.15, 0.2) is 52.6 Å². The van der Waals surface area contributed by atoms with Crippen LogP contribution in [-0.4, -0.2) is 19.0 Å². The molecular weight excluding hydrogens is 401 g/mol. The molecule has 0 spiro atoms. The third-order valence-corrected chi connectivity index (χ3v) is 4.50. The molecule has 2 rings (SSSR count). The van der Waals surface area contributed by atoms with Crippen LogP contribution in [0.25, 0.3) is 0 Å². The lowest BCUT2D eigenvalue weighted by Gasteiger charge is -2.28. The molecule has 0 saturated carbocycles. The number of anilines is 2. The summed E-state index contributed by atoms with van der Waals surface area (Å²) in [6.07, 6.45) is -0.249. The summed E-state index contributed by atoms with van der Waals surface area (Å²) in [5.41, 5.74) is 2.32. The first-order chi connectivity index (χ1) is 12.4. The van der Waals surface area contributed by atoms with Crippen molar-refractivity contribution in [1.82, 2.24) is 0 Å². The van der Waals surface area contributed by atoms with Gasteiger partial charge in [-0.1, -0.05) is 32.0 Å². The summed E-state index contributed by atoms with van der Waals surface area (Å²) in [7, 11) is 1.26. The fourth-order valence-corrected chi connectivity index (χ4v) is 2.98. The summed E-state index contributed by atoms with van der Waals surface area (Å²) in [5, 5.41) is 0. The number of esters is 1. The Bertz CT molecular complexity index is 860. The molecule has 0 atom stereocenters. The van der Waals surface area contributed by atoms with Crippen molar-refractivity contribution >= 4 is 39.2 Å². The lowest BCUT2D eigenvalue weighted by molar-refractivity contribution is -0.139. The summed E-state index contributed by atoms with van der Waals surface area (Å²) in [6.45, 7) is 4.06. The molecule has 26 heavy (non-hydrogen) atoms. The van der Waals surface area contributed by atoms with Gasteiger partial charge in [0.2, 0.25) is 0 Å². The summed E-state index contributed by atoms with van der Waals surface area (Å²) < 4.78 is 18.6. The molecule has 136 valence electrons. The number of para-hydroxylation sites is 1. The van der Waals surface area contributed by atoms with E-state index in [2.05, 4.69) is 15.9 Å². The topological polar surface area (TPSA) is 46.6 Å². The van der Waals surface area contributed by atoms with Crippen molar-refractivity contribution in [2.24, 2.45) is 0 Å². The minimum Gasteiger partial charge on any atom is -0.469 e. The molecule has 0 unspecified atom stereocenters. The maximum Gasteiger partial charge on any atom is 0.312 e. The molecule has 0 amide bonds. The van der Waals surface area contributed by atoms with Crippen LogP contribution in [0.4, 0.5) is 15.8 Å². The first kappa shape index (κ1) is 19.9. The van der Waals surface area contributed by atoms with Crippen molar-refractivity contribution < 1.29 is 18.7 Å². The Balaban J connectivity index is 2.68. The average Bonchev–Trinajstić information content (AvgIpc) is 2.64. The number of methoxy groups -OCH3 is 1. The molecule has 0 heterocycles. The highest BCUT2D eigenvalue weighted by atomic mass is 79.9. The molecule has 0 aliphatic rings. The van der Waals surface area contributed by atoms with E-state index in [0.717, 1.165) is 11.3 Å². The van der Waals surface area contributed by atoms with Crippen molar-refractivity contribution in [1.29, 1.82) is 0 Å². The predicted octanol–water partition coefficient (Wildman–Crippen LogP) is 5.13. The Hall–Kier alpha value is -2.43. The second-order valence-corrected chi connectivity index (χ2v) is 6.80. The van der Waals surface area contributed by atoms with Gasteiger partial charge in [-0.3, -0.25) is 4.79 Å². The van der Waals surface area contributed by atoms with Gasteiger partial charge in [0.15, 0.2) is 0 Å². The Kier molecular flexibility index (Phi) is 6.72.